The first kappa shape index (κ1) is 27.7. The van der Waals surface area contributed by atoms with Gasteiger partial charge in [-0.15, -0.1) is 0 Å². The molecule has 11 heteroatoms. The highest BCUT2D eigenvalue weighted by Gasteiger charge is 2.20. The standard InChI is InChI=1S/C30H27F2N5O4/c31-19-3-6-21(7-4-19)37-13-1-2-24(30(37)40)29(39)35-20-5-8-27(25(32)16-20)41-28-17-22(18-34-26(28)9-12-33)36-14-10-23(38)11-15-36/h1-8,12-13,16-18,23,33,38H,9-11,14-15H2,(H,35,39). The molecule has 210 valence electrons. The number of ether oxygens (including phenoxy) is 1. The molecule has 0 aliphatic carbocycles. The molecule has 0 spiro atoms. The van der Waals surface area contributed by atoms with Crippen molar-refractivity contribution < 1.29 is 23.4 Å². The zero-order valence-corrected chi connectivity index (χ0v) is 21.9. The second-order valence-electron chi connectivity index (χ2n) is 9.54. The molecule has 0 unspecified atom stereocenters. The van der Waals surface area contributed by atoms with E-state index in [0.29, 0.717) is 43.1 Å². The smallest absolute Gasteiger partial charge is 0.267 e. The highest BCUT2D eigenvalue weighted by Crippen LogP contribution is 2.32. The fourth-order valence-corrected chi connectivity index (χ4v) is 4.55. The lowest BCUT2D eigenvalue weighted by molar-refractivity contribution is 0.102. The van der Waals surface area contributed by atoms with Crippen molar-refractivity contribution >= 4 is 23.5 Å². The van der Waals surface area contributed by atoms with Gasteiger partial charge in [-0.05, 0) is 61.4 Å². The van der Waals surface area contributed by atoms with Gasteiger partial charge in [0.2, 0.25) is 0 Å². The van der Waals surface area contributed by atoms with Gasteiger partial charge < -0.3 is 25.5 Å². The number of carbonyl (C=O) groups is 1. The third kappa shape index (κ3) is 6.30. The number of halogens is 2. The second kappa shape index (κ2) is 12.1. The van der Waals surface area contributed by atoms with Crippen LogP contribution in [0, 0.1) is 17.0 Å². The van der Waals surface area contributed by atoms with E-state index in [0.717, 1.165) is 11.8 Å². The normalized spacial score (nSPS) is 13.6. The van der Waals surface area contributed by atoms with E-state index < -0.39 is 23.1 Å². The largest absolute Gasteiger partial charge is 0.452 e. The Bertz CT molecular complexity index is 1630. The summed E-state index contributed by atoms with van der Waals surface area (Å²) in [6.07, 6.45) is 5.42. The summed E-state index contributed by atoms with van der Waals surface area (Å²) in [4.78, 5) is 32.3. The monoisotopic (exact) mass is 559 g/mol. The van der Waals surface area contributed by atoms with Crippen LogP contribution in [0.15, 0.2) is 77.9 Å². The fraction of sp³-hybridized carbons (Fsp3) is 0.200. The molecule has 2 aromatic carbocycles. The van der Waals surface area contributed by atoms with E-state index in [1.807, 2.05) is 0 Å². The number of rotatable bonds is 8. The maximum absolute atomic E-state index is 15.1. The lowest BCUT2D eigenvalue weighted by Crippen LogP contribution is -2.35. The highest BCUT2D eigenvalue weighted by atomic mass is 19.1. The van der Waals surface area contributed by atoms with Crippen molar-refractivity contribution in [3.63, 3.8) is 0 Å². The molecule has 0 radical (unpaired) electrons. The van der Waals surface area contributed by atoms with Crippen molar-refractivity contribution in [2.45, 2.75) is 25.4 Å². The van der Waals surface area contributed by atoms with Crippen LogP contribution in [0.1, 0.15) is 28.9 Å². The third-order valence-electron chi connectivity index (χ3n) is 6.75. The van der Waals surface area contributed by atoms with Crippen LogP contribution in [-0.2, 0) is 6.42 Å². The summed E-state index contributed by atoms with van der Waals surface area (Å²) >= 11 is 0. The van der Waals surface area contributed by atoms with E-state index in [2.05, 4.69) is 15.2 Å². The Balaban J connectivity index is 1.34. The predicted molar refractivity (Wildman–Crippen MR) is 151 cm³/mol. The molecule has 1 saturated heterocycles. The van der Waals surface area contributed by atoms with Gasteiger partial charge in [-0.25, -0.2) is 8.78 Å². The Morgan fingerprint density at radius 3 is 2.54 bits per heavy atom. The maximum atomic E-state index is 15.1. The van der Waals surface area contributed by atoms with Gasteiger partial charge in [-0.2, -0.15) is 0 Å². The Kier molecular flexibility index (Phi) is 8.16. The summed E-state index contributed by atoms with van der Waals surface area (Å²) in [7, 11) is 0. The lowest BCUT2D eigenvalue weighted by Gasteiger charge is -2.31. The molecule has 1 fully saturated rings. The van der Waals surface area contributed by atoms with E-state index in [1.54, 1.807) is 12.3 Å². The van der Waals surface area contributed by atoms with Crippen LogP contribution in [0.5, 0.6) is 11.5 Å². The van der Waals surface area contributed by atoms with Gasteiger partial charge in [-0.1, -0.05) is 0 Å². The van der Waals surface area contributed by atoms with Gasteiger partial charge in [-0.3, -0.25) is 19.1 Å². The zero-order valence-electron chi connectivity index (χ0n) is 21.9. The molecular weight excluding hydrogens is 532 g/mol. The summed E-state index contributed by atoms with van der Waals surface area (Å²) in [5.41, 5.74) is 0.916. The molecule has 5 rings (SSSR count). The van der Waals surface area contributed by atoms with Gasteiger partial charge in [0.15, 0.2) is 17.3 Å². The summed E-state index contributed by atoms with van der Waals surface area (Å²) in [6, 6.07) is 13.7. The minimum absolute atomic E-state index is 0.106. The van der Waals surface area contributed by atoms with Crippen molar-refractivity contribution in [3.05, 3.63) is 106 Å². The number of nitrogens with zero attached hydrogens (tertiary/aromatic N) is 3. The third-order valence-corrected chi connectivity index (χ3v) is 6.75. The van der Waals surface area contributed by atoms with Crippen LogP contribution in [0.3, 0.4) is 0 Å². The molecule has 3 heterocycles. The summed E-state index contributed by atoms with van der Waals surface area (Å²) < 4.78 is 35.5. The number of carbonyl (C=O) groups excluding carboxylic acids is 1. The van der Waals surface area contributed by atoms with E-state index in [4.69, 9.17) is 10.1 Å². The minimum Gasteiger partial charge on any atom is -0.452 e. The van der Waals surface area contributed by atoms with Gasteiger partial charge in [0.1, 0.15) is 11.4 Å². The van der Waals surface area contributed by atoms with E-state index in [1.165, 1.54) is 65.5 Å². The first-order valence-electron chi connectivity index (χ1n) is 13.0. The van der Waals surface area contributed by atoms with Crippen LogP contribution >= 0.6 is 0 Å². The Labute approximate surface area is 234 Å². The number of aliphatic hydroxyl groups is 1. The molecule has 4 aromatic rings. The molecule has 1 aliphatic heterocycles. The molecule has 0 bridgehead atoms. The Hall–Kier alpha value is -4.90. The number of amides is 1. The highest BCUT2D eigenvalue weighted by molar-refractivity contribution is 6.04. The number of piperidine rings is 1. The Morgan fingerprint density at radius 1 is 1.07 bits per heavy atom. The number of aliphatic hydroxyl groups excluding tert-OH is 1. The average molecular weight is 560 g/mol. The van der Waals surface area contributed by atoms with Crippen LogP contribution < -0.4 is 20.5 Å². The maximum Gasteiger partial charge on any atom is 0.267 e. The number of hydrogen-bond acceptors (Lipinski definition) is 7. The van der Waals surface area contributed by atoms with Crippen molar-refractivity contribution in [2.24, 2.45) is 0 Å². The first-order valence-corrected chi connectivity index (χ1v) is 13.0. The summed E-state index contributed by atoms with van der Waals surface area (Å²) in [5.74, 6) is -1.77. The van der Waals surface area contributed by atoms with Crippen LogP contribution in [0.25, 0.3) is 5.69 Å². The Morgan fingerprint density at radius 2 is 1.83 bits per heavy atom. The fourth-order valence-electron chi connectivity index (χ4n) is 4.55. The van der Waals surface area contributed by atoms with E-state index in [9.17, 15) is 19.1 Å². The average Bonchev–Trinajstić information content (AvgIpc) is 2.96. The van der Waals surface area contributed by atoms with E-state index >= 15 is 4.39 Å². The number of pyridine rings is 2. The topological polar surface area (TPSA) is 121 Å². The lowest BCUT2D eigenvalue weighted by atomic mass is 10.1. The molecule has 2 aromatic heterocycles. The number of nitrogens with one attached hydrogen (secondary N) is 2. The molecule has 3 N–H and O–H groups in total. The van der Waals surface area contributed by atoms with Crippen molar-refractivity contribution in [3.8, 4) is 17.2 Å². The van der Waals surface area contributed by atoms with Gasteiger partial charge in [0.25, 0.3) is 11.5 Å². The molecule has 0 atom stereocenters. The molecular formula is C30H27F2N5O4. The number of anilines is 2. The van der Waals surface area contributed by atoms with Crippen LogP contribution in [-0.4, -0.2) is 46.0 Å². The molecule has 1 amide bonds. The number of aromatic nitrogens is 2. The number of hydrogen-bond donors (Lipinski definition) is 3. The molecule has 0 saturated carbocycles. The van der Waals surface area contributed by atoms with Crippen LogP contribution in [0.2, 0.25) is 0 Å². The van der Waals surface area contributed by atoms with Crippen molar-refractivity contribution in [1.82, 2.24) is 9.55 Å². The zero-order chi connectivity index (χ0) is 28.9. The predicted octanol–water partition coefficient (Wildman–Crippen LogP) is 4.71. The van der Waals surface area contributed by atoms with Crippen molar-refractivity contribution in [1.29, 1.82) is 5.41 Å². The second-order valence-corrected chi connectivity index (χ2v) is 9.54. The minimum atomic E-state index is -0.758. The van der Waals surface area contributed by atoms with Gasteiger partial charge >= 0.3 is 0 Å². The molecule has 41 heavy (non-hydrogen) atoms. The van der Waals surface area contributed by atoms with E-state index in [-0.39, 0.29) is 29.5 Å². The quantitative estimate of drug-likeness (QED) is 0.269. The first-order chi connectivity index (χ1) is 19.8. The van der Waals surface area contributed by atoms with Crippen molar-refractivity contribution in [2.75, 3.05) is 23.3 Å². The molecule has 1 aliphatic rings. The van der Waals surface area contributed by atoms with Gasteiger partial charge in [0, 0.05) is 55.4 Å². The summed E-state index contributed by atoms with van der Waals surface area (Å²) in [5, 5.41) is 19.8. The number of benzene rings is 2. The van der Waals surface area contributed by atoms with Crippen LogP contribution in [0.4, 0.5) is 20.2 Å². The van der Waals surface area contributed by atoms with Gasteiger partial charge in [0.05, 0.1) is 23.7 Å². The summed E-state index contributed by atoms with van der Waals surface area (Å²) in [6.45, 7) is 1.29. The molecule has 9 nitrogen and oxygen atoms in total. The SMILES string of the molecule is N=CCc1ncc(N2CCC(O)CC2)cc1Oc1ccc(NC(=O)c2cccn(-c3ccc(F)cc3)c2=O)cc1F.